The molecular formula is C27H35F3N6O2. The van der Waals surface area contributed by atoms with Gasteiger partial charge in [0, 0.05) is 58.4 Å². The quantitative estimate of drug-likeness (QED) is 0.575. The minimum Gasteiger partial charge on any atom is -0.372 e. The van der Waals surface area contributed by atoms with E-state index in [2.05, 4.69) is 14.9 Å². The van der Waals surface area contributed by atoms with Crippen LogP contribution in [0.3, 0.4) is 0 Å². The van der Waals surface area contributed by atoms with Crippen LogP contribution in [0.25, 0.3) is 0 Å². The van der Waals surface area contributed by atoms with Gasteiger partial charge >= 0.3 is 12.2 Å². The van der Waals surface area contributed by atoms with Gasteiger partial charge in [-0.15, -0.1) is 0 Å². The second-order valence-electron chi connectivity index (χ2n) is 11.0. The number of hydrogen-bond acceptors (Lipinski definition) is 5. The number of alkyl halides is 3. The van der Waals surface area contributed by atoms with E-state index in [1.54, 1.807) is 30.3 Å². The number of nitrogens with zero attached hydrogens (tertiary/aromatic N) is 6. The van der Waals surface area contributed by atoms with Crippen molar-refractivity contribution in [3.8, 4) is 0 Å². The van der Waals surface area contributed by atoms with Crippen LogP contribution in [-0.4, -0.2) is 77.8 Å². The minimum atomic E-state index is -4.39. The van der Waals surface area contributed by atoms with E-state index in [0.717, 1.165) is 44.5 Å². The number of benzene rings is 1. The Hall–Kier alpha value is -3.08. The topological polar surface area (TPSA) is 64.9 Å². The molecule has 0 N–H and O–H groups in total. The van der Waals surface area contributed by atoms with Crippen molar-refractivity contribution in [3.05, 3.63) is 41.7 Å². The summed E-state index contributed by atoms with van der Waals surface area (Å²) in [4.78, 5) is 32.0. The molecule has 2 aliphatic heterocycles. The molecule has 0 bridgehead atoms. The first-order valence-corrected chi connectivity index (χ1v) is 13.2. The summed E-state index contributed by atoms with van der Waals surface area (Å²) in [5, 5.41) is 4.14. The molecule has 3 atom stereocenters. The SMILES string of the molecule is CC(=O)N(C)c1cnn(C(=O)N2C[C@H]3C[C@H](N(C)Cc4cc(N5CCCC5)ccc4C(F)(F)F)C[C@H]3C2)c1. The molecule has 2 amide bonds. The Kier molecular flexibility index (Phi) is 7.15. The Morgan fingerprint density at radius 2 is 1.74 bits per heavy atom. The van der Waals surface area contributed by atoms with E-state index < -0.39 is 11.7 Å². The molecule has 0 radical (unpaired) electrons. The van der Waals surface area contributed by atoms with Crippen molar-refractivity contribution < 1.29 is 22.8 Å². The molecule has 0 unspecified atom stereocenters. The molecule has 2 aromatic rings. The lowest BCUT2D eigenvalue weighted by atomic mass is 10.0. The average Bonchev–Trinajstić information content (AvgIpc) is 3.66. The number of aromatic nitrogens is 2. The molecule has 5 rings (SSSR count). The van der Waals surface area contributed by atoms with Crippen LogP contribution in [-0.2, 0) is 17.5 Å². The number of amides is 2. The first kappa shape index (κ1) is 26.5. The van der Waals surface area contributed by atoms with Crippen LogP contribution < -0.4 is 9.80 Å². The van der Waals surface area contributed by atoms with Gasteiger partial charge in [-0.2, -0.15) is 23.0 Å². The molecule has 38 heavy (non-hydrogen) atoms. The van der Waals surface area contributed by atoms with Crippen molar-refractivity contribution >= 4 is 23.3 Å². The molecule has 206 valence electrons. The van der Waals surface area contributed by atoms with Gasteiger partial charge in [-0.3, -0.25) is 9.69 Å². The molecule has 1 saturated carbocycles. The van der Waals surface area contributed by atoms with Crippen molar-refractivity contribution in [2.45, 2.75) is 51.4 Å². The molecule has 1 aromatic carbocycles. The van der Waals surface area contributed by atoms with E-state index in [1.165, 1.54) is 28.8 Å². The highest BCUT2D eigenvalue weighted by Crippen LogP contribution is 2.41. The Morgan fingerprint density at radius 3 is 2.34 bits per heavy atom. The van der Waals surface area contributed by atoms with Gasteiger partial charge in [0.2, 0.25) is 5.91 Å². The number of rotatable bonds is 5. The third-order valence-electron chi connectivity index (χ3n) is 8.53. The highest BCUT2D eigenvalue weighted by molar-refractivity contribution is 5.91. The van der Waals surface area contributed by atoms with Crippen LogP contribution in [0, 0.1) is 11.8 Å². The molecule has 8 nitrogen and oxygen atoms in total. The number of carbonyl (C=O) groups is 2. The van der Waals surface area contributed by atoms with E-state index in [9.17, 15) is 22.8 Å². The maximum absolute atomic E-state index is 13.8. The van der Waals surface area contributed by atoms with Crippen molar-refractivity contribution in [3.63, 3.8) is 0 Å². The fraction of sp³-hybridized carbons (Fsp3) is 0.593. The second kappa shape index (κ2) is 10.2. The van der Waals surface area contributed by atoms with Crippen LogP contribution in [0.4, 0.5) is 29.3 Å². The number of halogens is 3. The number of fused-ring (bicyclic) bond motifs is 1. The minimum absolute atomic E-state index is 0.145. The van der Waals surface area contributed by atoms with Gasteiger partial charge in [-0.25, -0.2) is 4.79 Å². The summed E-state index contributed by atoms with van der Waals surface area (Å²) in [6.07, 6.45) is 2.48. The molecule has 3 heterocycles. The first-order chi connectivity index (χ1) is 18.0. The third kappa shape index (κ3) is 5.25. The molecule has 1 aromatic heterocycles. The summed E-state index contributed by atoms with van der Waals surface area (Å²) >= 11 is 0. The van der Waals surface area contributed by atoms with Gasteiger partial charge in [0.05, 0.1) is 23.6 Å². The predicted molar refractivity (Wildman–Crippen MR) is 138 cm³/mol. The number of carbonyl (C=O) groups excluding carboxylic acids is 2. The van der Waals surface area contributed by atoms with E-state index in [0.29, 0.717) is 36.2 Å². The van der Waals surface area contributed by atoms with Crippen LogP contribution in [0.5, 0.6) is 0 Å². The summed E-state index contributed by atoms with van der Waals surface area (Å²) in [6, 6.07) is 4.51. The highest BCUT2D eigenvalue weighted by Gasteiger charge is 2.44. The largest absolute Gasteiger partial charge is 0.416 e. The molecule has 11 heteroatoms. The number of hydrogen-bond donors (Lipinski definition) is 0. The van der Waals surface area contributed by atoms with E-state index >= 15 is 0 Å². The zero-order valence-corrected chi connectivity index (χ0v) is 22.1. The Morgan fingerprint density at radius 1 is 1.08 bits per heavy atom. The summed E-state index contributed by atoms with van der Waals surface area (Å²) < 4.78 is 42.7. The normalized spacial score (nSPS) is 23.4. The van der Waals surface area contributed by atoms with E-state index in [1.807, 2.05) is 7.05 Å². The standard InChI is InChI=1S/C27H35F3N6O2/c1-18(37)33(3)24-13-31-36(17-24)26(38)35-15-19-10-23(11-20(19)16-35)32(2)14-21-12-22(34-8-4-5-9-34)6-7-25(21)27(28,29)30/h6-7,12-13,17,19-20,23H,4-5,8-11,14-16H2,1-3H3/t19-,20+,23+. The van der Waals surface area contributed by atoms with Crippen LogP contribution >= 0.6 is 0 Å². The molecule has 0 spiro atoms. The summed E-state index contributed by atoms with van der Waals surface area (Å²) in [5.74, 6) is 0.465. The average molecular weight is 533 g/mol. The van der Waals surface area contributed by atoms with Crippen molar-refractivity contribution in [2.24, 2.45) is 11.8 Å². The summed E-state index contributed by atoms with van der Waals surface area (Å²) in [5.41, 5.74) is 1.19. The molecule has 3 aliphatic rings. The summed E-state index contributed by atoms with van der Waals surface area (Å²) in [6.45, 7) is 4.66. The van der Waals surface area contributed by atoms with Gasteiger partial charge < -0.3 is 14.7 Å². The van der Waals surface area contributed by atoms with Crippen molar-refractivity contribution in [1.29, 1.82) is 0 Å². The van der Waals surface area contributed by atoms with E-state index in [-0.39, 0.29) is 24.5 Å². The molecular weight excluding hydrogens is 497 g/mol. The van der Waals surface area contributed by atoms with Gasteiger partial charge in [0.15, 0.2) is 0 Å². The van der Waals surface area contributed by atoms with Gasteiger partial charge in [-0.1, -0.05) is 0 Å². The molecule has 1 aliphatic carbocycles. The lowest BCUT2D eigenvalue weighted by Gasteiger charge is -2.28. The maximum atomic E-state index is 13.8. The Bertz CT molecular complexity index is 1180. The summed E-state index contributed by atoms with van der Waals surface area (Å²) in [7, 11) is 3.54. The Labute approximate surface area is 221 Å². The fourth-order valence-corrected chi connectivity index (χ4v) is 6.26. The fourth-order valence-electron chi connectivity index (χ4n) is 6.26. The van der Waals surface area contributed by atoms with Gasteiger partial charge in [0.1, 0.15) is 0 Å². The van der Waals surface area contributed by atoms with Crippen LogP contribution in [0.2, 0.25) is 0 Å². The van der Waals surface area contributed by atoms with Gasteiger partial charge in [0.25, 0.3) is 0 Å². The van der Waals surface area contributed by atoms with Crippen LogP contribution in [0.15, 0.2) is 30.6 Å². The lowest BCUT2D eigenvalue weighted by molar-refractivity contribution is -0.138. The first-order valence-electron chi connectivity index (χ1n) is 13.2. The number of anilines is 2. The molecule has 3 fully saturated rings. The second-order valence-corrected chi connectivity index (χ2v) is 11.0. The smallest absolute Gasteiger partial charge is 0.372 e. The monoisotopic (exact) mass is 532 g/mol. The zero-order chi connectivity index (χ0) is 27.2. The predicted octanol–water partition coefficient (Wildman–Crippen LogP) is 4.30. The lowest BCUT2D eigenvalue weighted by Crippen LogP contribution is -2.36. The highest BCUT2D eigenvalue weighted by atomic mass is 19.4. The van der Waals surface area contributed by atoms with E-state index in [4.69, 9.17) is 0 Å². The van der Waals surface area contributed by atoms with Crippen molar-refractivity contribution in [1.82, 2.24) is 19.6 Å². The number of likely N-dealkylation sites (tertiary alicyclic amines) is 1. The Balaban J connectivity index is 1.22. The zero-order valence-electron chi connectivity index (χ0n) is 22.1. The maximum Gasteiger partial charge on any atom is 0.416 e. The van der Waals surface area contributed by atoms with Crippen molar-refractivity contribution in [2.75, 3.05) is 50.1 Å². The third-order valence-corrected chi connectivity index (χ3v) is 8.53. The molecule has 2 saturated heterocycles. The van der Waals surface area contributed by atoms with Gasteiger partial charge in [-0.05, 0) is 68.3 Å². The van der Waals surface area contributed by atoms with Crippen LogP contribution in [0.1, 0.15) is 43.7 Å².